The summed E-state index contributed by atoms with van der Waals surface area (Å²) in [4.78, 5) is 15.6. The standard InChI is InChI=1S/C51H31N5O/c1-4-16-32(17-5-1)35-24-14-28-43-45(35)46-42(27-15-29-44(46)57-43)55-40-25-12-10-22-36(40)38-30-31-39-37-23-11-13-26-41(37)56(48(39)47(38)55)51-53-49(33-18-6-2-7-19-33)52-50(54-51)34-20-8-3-9-21-34/h1-31H. The summed E-state index contributed by atoms with van der Waals surface area (Å²) in [7, 11) is 0. The predicted molar refractivity (Wildman–Crippen MR) is 232 cm³/mol. The molecule has 0 N–H and O–H groups in total. The van der Waals surface area contributed by atoms with Crippen molar-refractivity contribution in [2.75, 3.05) is 0 Å². The molecule has 0 unspecified atom stereocenters. The molecule has 6 heteroatoms. The molecule has 0 radical (unpaired) electrons. The third-order valence-corrected chi connectivity index (χ3v) is 11.2. The number of para-hydroxylation sites is 2. The molecule has 266 valence electrons. The van der Waals surface area contributed by atoms with Crippen LogP contribution in [0.25, 0.3) is 111 Å². The number of hydrogen-bond acceptors (Lipinski definition) is 4. The van der Waals surface area contributed by atoms with Gasteiger partial charge in [-0.05, 0) is 41.5 Å². The number of rotatable bonds is 5. The zero-order valence-corrected chi connectivity index (χ0v) is 30.5. The second-order valence-corrected chi connectivity index (χ2v) is 14.4. The quantitative estimate of drug-likeness (QED) is 0.177. The van der Waals surface area contributed by atoms with Crippen LogP contribution in [0.15, 0.2) is 192 Å². The monoisotopic (exact) mass is 729 g/mol. The number of furan rings is 1. The molecule has 0 spiro atoms. The van der Waals surface area contributed by atoms with Crippen LogP contribution >= 0.6 is 0 Å². The lowest BCUT2D eigenvalue weighted by molar-refractivity contribution is 0.669. The van der Waals surface area contributed by atoms with Crippen LogP contribution in [0.5, 0.6) is 0 Å². The maximum absolute atomic E-state index is 6.67. The van der Waals surface area contributed by atoms with E-state index in [0.29, 0.717) is 17.6 Å². The molecule has 0 atom stereocenters. The molecule has 0 fully saturated rings. The van der Waals surface area contributed by atoms with Crippen molar-refractivity contribution in [2.24, 2.45) is 0 Å². The smallest absolute Gasteiger partial charge is 0.238 e. The molecule has 0 aliphatic carbocycles. The first-order valence-corrected chi connectivity index (χ1v) is 19.1. The van der Waals surface area contributed by atoms with Crippen molar-refractivity contribution >= 4 is 65.6 Å². The topological polar surface area (TPSA) is 61.7 Å². The fourth-order valence-electron chi connectivity index (χ4n) is 8.75. The van der Waals surface area contributed by atoms with Gasteiger partial charge in [-0.1, -0.05) is 158 Å². The number of fused-ring (bicyclic) bond motifs is 10. The van der Waals surface area contributed by atoms with Gasteiger partial charge < -0.3 is 8.98 Å². The number of aromatic nitrogens is 5. The lowest BCUT2D eigenvalue weighted by atomic mass is 9.99. The van der Waals surface area contributed by atoms with Crippen molar-refractivity contribution in [3.05, 3.63) is 188 Å². The van der Waals surface area contributed by atoms with E-state index >= 15 is 0 Å². The molecule has 57 heavy (non-hydrogen) atoms. The van der Waals surface area contributed by atoms with E-state index in [1.54, 1.807) is 0 Å². The highest BCUT2D eigenvalue weighted by Crippen LogP contribution is 2.45. The van der Waals surface area contributed by atoms with Gasteiger partial charge in [0.25, 0.3) is 0 Å². The second-order valence-electron chi connectivity index (χ2n) is 14.4. The Bertz CT molecular complexity index is 3450. The highest BCUT2D eigenvalue weighted by molar-refractivity contribution is 6.25. The van der Waals surface area contributed by atoms with E-state index in [0.717, 1.165) is 93.5 Å². The summed E-state index contributed by atoms with van der Waals surface area (Å²) in [6.07, 6.45) is 0. The van der Waals surface area contributed by atoms with Crippen LogP contribution in [0.2, 0.25) is 0 Å². The Hall–Kier alpha value is -7.83. The van der Waals surface area contributed by atoms with Gasteiger partial charge in [0.1, 0.15) is 11.2 Å². The van der Waals surface area contributed by atoms with Crippen molar-refractivity contribution in [1.29, 1.82) is 0 Å². The van der Waals surface area contributed by atoms with Crippen molar-refractivity contribution < 1.29 is 4.42 Å². The van der Waals surface area contributed by atoms with Crippen molar-refractivity contribution in [3.8, 4) is 45.5 Å². The first kappa shape index (κ1) is 31.5. The summed E-state index contributed by atoms with van der Waals surface area (Å²) in [5, 5.41) is 6.67. The van der Waals surface area contributed by atoms with E-state index in [1.165, 1.54) is 0 Å². The molecule has 6 nitrogen and oxygen atoms in total. The molecule has 4 aromatic heterocycles. The van der Waals surface area contributed by atoms with Gasteiger partial charge in [0.2, 0.25) is 5.95 Å². The summed E-state index contributed by atoms with van der Waals surface area (Å²) < 4.78 is 11.3. The van der Waals surface area contributed by atoms with Gasteiger partial charge in [-0.25, -0.2) is 4.98 Å². The third-order valence-electron chi connectivity index (χ3n) is 11.2. The fourth-order valence-corrected chi connectivity index (χ4v) is 8.75. The van der Waals surface area contributed by atoms with E-state index < -0.39 is 0 Å². The molecular weight excluding hydrogens is 699 g/mol. The van der Waals surface area contributed by atoms with Gasteiger partial charge in [-0.15, -0.1) is 0 Å². The van der Waals surface area contributed by atoms with Crippen LogP contribution in [0.4, 0.5) is 0 Å². The van der Waals surface area contributed by atoms with Crippen molar-refractivity contribution in [1.82, 2.24) is 24.1 Å². The molecule has 0 saturated heterocycles. The molecule has 8 aromatic carbocycles. The van der Waals surface area contributed by atoms with Gasteiger partial charge >= 0.3 is 0 Å². The average molecular weight is 730 g/mol. The lowest BCUT2D eigenvalue weighted by Gasteiger charge is -2.14. The molecule has 12 aromatic rings. The van der Waals surface area contributed by atoms with Crippen LogP contribution in [0.3, 0.4) is 0 Å². The second kappa shape index (κ2) is 12.3. The highest BCUT2D eigenvalue weighted by atomic mass is 16.3. The maximum Gasteiger partial charge on any atom is 0.238 e. The van der Waals surface area contributed by atoms with Gasteiger partial charge in [-0.3, -0.25) is 4.57 Å². The summed E-state index contributed by atoms with van der Waals surface area (Å²) in [5.41, 5.74) is 11.0. The lowest BCUT2D eigenvalue weighted by Crippen LogP contribution is -2.07. The Balaban J connectivity index is 1.26. The molecule has 0 aliphatic heterocycles. The minimum absolute atomic E-state index is 0.552. The fraction of sp³-hybridized carbons (Fsp3) is 0. The summed E-state index contributed by atoms with van der Waals surface area (Å²) in [5.74, 6) is 1.78. The van der Waals surface area contributed by atoms with Gasteiger partial charge in [-0.2, -0.15) is 9.97 Å². The Morgan fingerprint density at radius 1 is 0.351 bits per heavy atom. The van der Waals surface area contributed by atoms with Gasteiger partial charge in [0.15, 0.2) is 11.6 Å². The van der Waals surface area contributed by atoms with Crippen LogP contribution in [0.1, 0.15) is 0 Å². The molecular formula is C51H31N5O. The molecule has 0 bridgehead atoms. The first-order valence-electron chi connectivity index (χ1n) is 19.1. The SMILES string of the molecule is c1ccc(-c2nc(-c3ccccc3)nc(-n3c4ccccc4c4ccc5c6ccccc6n(-c6cccc7oc8cccc(-c9ccccc9)c8c67)c5c43)n2)cc1. The molecule has 0 amide bonds. The van der Waals surface area contributed by atoms with Crippen molar-refractivity contribution in [2.45, 2.75) is 0 Å². The molecule has 12 rings (SSSR count). The normalized spacial score (nSPS) is 11.9. The van der Waals surface area contributed by atoms with Crippen molar-refractivity contribution in [3.63, 3.8) is 0 Å². The Kier molecular flexibility index (Phi) is 6.83. The zero-order chi connectivity index (χ0) is 37.5. The molecule has 0 saturated carbocycles. The van der Waals surface area contributed by atoms with Crippen LogP contribution in [0, 0.1) is 0 Å². The van der Waals surface area contributed by atoms with Gasteiger partial charge in [0.05, 0.1) is 33.1 Å². The first-order chi connectivity index (χ1) is 28.3. The van der Waals surface area contributed by atoms with E-state index in [4.69, 9.17) is 19.4 Å². The van der Waals surface area contributed by atoms with E-state index in [1.807, 2.05) is 36.4 Å². The van der Waals surface area contributed by atoms with E-state index in [2.05, 4.69) is 161 Å². The molecule has 0 aliphatic rings. The Morgan fingerprint density at radius 3 is 1.46 bits per heavy atom. The highest BCUT2D eigenvalue weighted by Gasteiger charge is 2.25. The zero-order valence-electron chi connectivity index (χ0n) is 30.5. The summed E-state index contributed by atoms with van der Waals surface area (Å²) >= 11 is 0. The Morgan fingerprint density at radius 2 is 0.842 bits per heavy atom. The van der Waals surface area contributed by atoms with Crippen LogP contribution in [-0.4, -0.2) is 24.1 Å². The van der Waals surface area contributed by atoms with E-state index in [9.17, 15) is 0 Å². The minimum Gasteiger partial charge on any atom is -0.456 e. The van der Waals surface area contributed by atoms with Gasteiger partial charge in [0, 0.05) is 38.1 Å². The maximum atomic E-state index is 6.67. The summed E-state index contributed by atoms with van der Waals surface area (Å²) in [6.45, 7) is 0. The Labute approximate surface area is 326 Å². The number of hydrogen-bond donors (Lipinski definition) is 0. The molecule has 4 heterocycles. The summed E-state index contributed by atoms with van der Waals surface area (Å²) in [6, 6.07) is 65.4. The third kappa shape index (κ3) is 4.74. The largest absolute Gasteiger partial charge is 0.456 e. The van der Waals surface area contributed by atoms with E-state index in [-0.39, 0.29) is 0 Å². The number of nitrogens with zero attached hydrogens (tertiary/aromatic N) is 5. The van der Waals surface area contributed by atoms with Crippen LogP contribution < -0.4 is 0 Å². The average Bonchev–Trinajstić information content (AvgIpc) is 3.95. The minimum atomic E-state index is 0.552. The van der Waals surface area contributed by atoms with Crippen LogP contribution in [-0.2, 0) is 0 Å². The number of benzene rings is 8. The predicted octanol–water partition coefficient (Wildman–Crippen LogP) is 13.0.